The predicted molar refractivity (Wildman–Crippen MR) is 63.7 cm³/mol. The van der Waals surface area contributed by atoms with Gasteiger partial charge in [-0.15, -0.1) is 0 Å². The number of nitro benzene ring substituents is 1. The van der Waals surface area contributed by atoms with Gasteiger partial charge in [-0.3, -0.25) is 10.1 Å². The number of ether oxygens (including phenoxy) is 1. The van der Waals surface area contributed by atoms with Gasteiger partial charge >= 0.3 is 5.69 Å². The third kappa shape index (κ3) is 2.71. The maximum atomic E-state index is 13.7. The number of nitrogens with zero attached hydrogens (tertiary/aromatic N) is 1. The third-order valence-corrected chi connectivity index (χ3v) is 2.55. The van der Waals surface area contributed by atoms with Crippen LogP contribution in [0.1, 0.15) is 5.56 Å². The fourth-order valence-corrected chi connectivity index (χ4v) is 1.57. The van der Waals surface area contributed by atoms with Gasteiger partial charge in [0.15, 0.2) is 11.6 Å². The molecule has 7 heteroatoms. The van der Waals surface area contributed by atoms with Gasteiger partial charge in [-0.05, 0) is 12.1 Å². The van der Waals surface area contributed by atoms with Crippen molar-refractivity contribution in [2.45, 2.75) is 6.61 Å². The first-order chi connectivity index (χ1) is 9.50. The van der Waals surface area contributed by atoms with Crippen molar-refractivity contribution < 1.29 is 22.8 Å². The molecular formula is C13H8F3NO3. The van der Waals surface area contributed by atoms with Crippen LogP contribution in [0.15, 0.2) is 36.4 Å². The molecule has 0 heterocycles. The number of nitro groups is 1. The van der Waals surface area contributed by atoms with Crippen molar-refractivity contribution in [3.05, 3.63) is 69.5 Å². The SMILES string of the molecule is O=[N+]([O-])c1cccc(COc2cccc(F)c2F)c1F. The second kappa shape index (κ2) is 5.60. The Kier molecular flexibility index (Phi) is 3.88. The molecule has 0 aliphatic rings. The average Bonchev–Trinajstić information content (AvgIpc) is 2.41. The van der Waals surface area contributed by atoms with Crippen molar-refractivity contribution in [1.82, 2.24) is 0 Å². The molecule has 104 valence electrons. The van der Waals surface area contributed by atoms with Crippen molar-refractivity contribution in [2.24, 2.45) is 0 Å². The van der Waals surface area contributed by atoms with E-state index in [1.807, 2.05) is 0 Å². The molecule has 20 heavy (non-hydrogen) atoms. The molecule has 0 N–H and O–H groups in total. The summed E-state index contributed by atoms with van der Waals surface area (Å²) in [5, 5.41) is 10.6. The van der Waals surface area contributed by atoms with Crippen molar-refractivity contribution >= 4 is 5.69 Å². The Hall–Kier alpha value is -2.57. The van der Waals surface area contributed by atoms with Gasteiger partial charge in [0.1, 0.15) is 6.61 Å². The Morgan fingerprint density at radius 2 is 1.75 bits per heavy atom. The summed E-state index contributed by atoms with van der Waals surface area (Å²) in [6, 6.07) is 6.87. The second-order valence-electron chi connectivity index (χ2n) is 3.85. The summed E-state index contributed by atoms with van der Waals surface area (Å²) in [4.78, 5) is 9.69. The topological polar surface area (TPSA) is 52.4 Å². The van der Waals surface area contributed by atoms with Crippen LogP contribution in [0.5, 0.6) is 5.75 Å². The highest BCUT2D eigenvalue weighted by Crippen LogP contribution is 2.24. The highest BCUT2D eigenvalue weighted by atomic mass is 19.2. The van der Waals surface area contributed by atoms with E-state index in [9.17, 15) is 23.3 Å². The summed E-state index contributed by atoms with van der Waals surface area (Å²) in [5.74, 6) is -3.74. The van der Waals surface area contributed by atoms with Crippen LogP contribution in [-0.4, -0.2) is 4.92 Å². The molecule has 2 aromatic rings. The van der Waals surface area contributed by atoms with Gasteiger partial charge in [0.25, 0.3) is 0 Å². The summed E-state index contributed by atoms with van der Waals surface area (Å²) in [6.45, 7) is -0.451. The molecule has 0 aliphatic heterocycles. The molecule has 0 saturated heterocycles. The monoisotopic (exact) mass is 283 g/mol. The first-order valence-electron chi connectivity index (χ1n) is 5.49. The highest BCUT2D eigenvalue weighted by molar-refractivity contribution is 5.37. The standard InChI is InChI=1S/C13H8F3NO3/c14-9-4-2-6-11(13(9)16)20-7-8-3-1-5-10(12(8)15)17(18)19/h1-6H,7H2. The first kappa shape index (κ1) is 13.9. The molecule has 0 unspecified atom stereocenters. The molecule has 0 spiro atoms. The summed E-state index contributed by atoms with van der Waals surface area (Å²) in [5.41, 5.74) is -0.825. The average molecular weight is 283 g/mol. The van der Waals surface area contributed by atoms with Crippen LogP contribution in [0.3, 0.4) is 0 Å². The predicted octanol–water partition coefficient (Wildman–Crippen LogP) is 3.59. The van der Waals surface area contributed by atoms with Crippen LogP contribution in [0.2, 0.25) is 0 Å². The molecule has 0 amide bonds. The Morgan fingerprint density at radius 1 is 1.05 bits per heavy atom. The number of hydrogen-bond donors (Lipinski definition) is 0. The molecule has 0 fully saturated rings. The van der Waals surface area contributed by atoms with E-state index in [1.54, 1.807) is 0 Å². The molecule has 0 radical (unpaired) electrons. The van der Waals surface area contributed by atoms with Gasteiger partial charge in [-0.1, -0.05) is 18.2 Å². The van der Waals surface area contributed by atoms with E-state index in [-0.39, 0.29) is 5.56 Å². The van der Waals surface area contributed by atoms with E-state index < -0.39 is 40.4 Å². The lowest BCUT2D eigenvalue weighted by molar-refractivity contribution is -0.387. The maximum Gasteiger partial charge on any atom is 0.305 e. The minimum absolute atomic E-state index is 0.122. The lowest BCUT2D eigenvalue weighted by Crippen LogP contribution is -2.03. The molecule has 2 aromatic carbocycles. The molecule has 2 rings (SSSR count). The van der Waals surface area contributed by atoms with Crippen molar-refractivity contribution in [3.8, 4) is 5.75 Å². The molecule has 4 nitrogen and oxygen atoms in total. The van der Waals surface area contributed by atoms with Crippen LogP contribution in [0.4, 0.5) is 18.9 Å². The highest BCUT2D eigenvalue weighted by Gasteiger charge is 2.18. The van der Waals surface area contributed by atoms with Gasteiger partial charge in [-0.25, -0.2) is 4.39 Å². The lowest BCUT2D eigenvalue weighted by atomic mass is 10.2. The minimum atomic E-state index is -1.20. The Bertz CT molecular complexity index is 661. The van der Waals surface area contributed by atoms with E-state index >= 15 is 0 Å². The maximum absolute atomic E-state index is 13.7. The van der Waals surface area contributed by atoms with E-state index in [0.29, 0.717) is 0 Å². The first-order valence-corrected chi connectivity index (χ1v) is 5.49. The second-order valence-corrected chi connectivity index (χ2v) is 3.85. The molecule has 0 bridgehead atoms. The molecule has 0 aromatic heterocycles. The van der Waals surface area contributed by atoms with Crippen molar-refractivity contribution in [1.29, 1.82) is 0 Å². The third-order valence-electron chi connectivity index (χ3n) is 2.55. The van der Waals surface area contributed by atoms with Crippen LogP contribution in [0, 0.1) is 27.6 Å². The smallest absolute Gasteiger partial charge is 0.305 e. The Labute approximate surface area is 111 Å². The largest absolute Gasteiger partial charge is 0.486 e. The minimum Gasteiger partial charge on any atom is -0.486 e. The Morgan fingerprint density at radius 3 is 2.45 bits per heavy atom. The number of halogens is 3. The van der Waals surface area contributed by atoms with Crippen LogP contribution in [-0.2, 0) is 6.61 Å². The van der Waals surface area contributed by atoms with Gasteiger partial charge in [-0.2, -0.15) is 8.78 Å². The summed E-state index contributed by atoms with van der Waals surface area (Å²) < 4.78 is 44.9. The van der Waals surface area contributed by atoms with Crippen molar-refractivity contribution in [2.75, 3.05) is 0 Å². The summed E-state index contributed by atoms with van der Waals surface area (Å²) in [7, 11) is 0. The summed E-state index contributed by atoms with van der Waals surface area (Å²) in [6.07, 6.45) is 0. The summed E-state index contributed by atoms with van der Waals surface area (Å²) >= 11 is 0. The number of rotatable bonds is 4. The molecule has 0 saturated carbocycles. The van der Waals surface area contributed by atoms with Crippen LogP contribution >= 0.6 is 0 Å². The van der Waals surface area contributed by atoms with E-state index in [1.165, 1.54) is 24.3 Å². The normalized spacial score (nSPS) is 10.3. The van der Waals surface area contributed by atoms with Crippen LogP contribution in [0.25, 0.3) is 0 Å². The Balaban J connectivity index is 2.21. The zero-order valence-electron chi connectivity index (χ0n) is 9.98. The number of benzene rings is 2. The fraction of sp³-hybridized carbons (Fsp3) is 0.0769. The lowest BCUT2D eigenvalue weighted by Gasteiger charge is -2.08. The molecule has 0 aliphatic carbocycles. The quantitative estimate of drug-likeness (QED) is 0.636. The molecule has 0 atom stereocenters. The van der Waals surface area contributed by atoms with Crippen LogP contribution < -0.4 is 4.74 Å². The zero-order chi connectivity index (χ0) is 14.7. The van der Waals surface area contributed by atoms with Gasteiger partial charge < -0.3 is 4.74 Å². The van der Waals surface area contributed by atoms with Gasteiger partial charge in [0, 0.05) is 11.6 Å². The van der Waals surface area contributed by atoms with E-state index in [2.05, 4.69) is 0 Å². The van der Waals surface area contributed by atoms with Crippen molar-refractivity contribution in [3.63, 3.8) is 0 Å². The van der Waals surface area contributed by atoms with Gasteiger partial charge in [0.05, 0.1) is 4.92 Å². The van der Waals surface area contributed by atoms with E-state index in [4.69, 9.17) is 4.74 Å². The fourth-order valence-electron chi connectivity index (χ4n) is 1.57. The van der Waals surface area contributed by atoms with Gasteiger partial charge in [0.2, 0.25) is 11.6 Å². The molecular weight excluding hydrogens is 275 g/mol. The number of hydrogen-bond acceptors (Lipinski definition) is 3. The van der Waals surface area contributed by atoms with E-state index in [0.717, 1.165) is 12.1 Å². The zero-order valence-corrected chi connectivity index (χ0v) is 9.98.